The van der Waals surface area contributed by atoms with E-state index in [4.69, 9.17) is 5.10 Å². The number of rotatable bonds is 2. The molecule has 0 atom stereocenters. The third-order valence-electron chi connectivity index (χ3n) is 3.93. The van der Waals surface area contributed by atoms with Crippen molar-refractivity contribution < 1.29 is 0 Å². The highest BCUT2D eigenvalue weighted by molar-refractivity contribution is 5.40. The number of para-hydroxylation sites is 1. The van der Waals surface area contributed by atoms with Gasteiger partial charge in [0.2, 0.25) is 0 Å². The predicted molar refractivity (Wildman–Crippen MR) is 70.9 cm³/mol. The maximum absolute atomic E-state index is 4.90. The predicted octanol–water partition coefficient (Wildman–Crippen LogP) is 2.40. The van der Waals surface area contributed by atoms with Crippen LogP contribution in [0.4, 0.5) is 0 Å². The second kappa shape index (κ2) is 3.95. The van der Waals surface area contributed by atoms with Gasteiger partial charge in [0.15, 0.2) is 0 Å². The quantitative estimate of drug-likeness (QED) is 0.872. The Labute approximate surface area is 107 Å². The van der Waals surface area contributed by atoms with Crippen LogP contribution in [0.25, 0.3) is 5.69 Å². The number of nitrogens with one attached hydrogen (secondary N) is 1. The highest BCUT2D eigenvalue weighted by atomic mass is 15.3. The minimum absolute atomic E-state index is 0.726. The van der Waals surface area contributed by atoms with E-state index in [0.29, 0.717) is 0 Å². The van der Waals surface area contributed by atoms with Gasteiger partial charge in [0.1, 0.15) is 0 Å². The van der Waals surface area contributed by atoms with Crippen LogP contribution in [0, 0.1) is 0 Å². The Kier molecular flexibility index (Phi) is 2.27. The molecule has 2 aliphatic rings. The molecule has 0 unspecified atom stereocenters. The highest BCUT2D eigenvalue weighted by Gasteiger charge is 2.32. The van der Waals surface area contributed by atoms with Crippen LogP contribution in [-0.4, -0.2) is 16.3 Å². The summed E-state index contributed by atoms with van der Waals surface area (Å²) < 4.78 is 2.17. The molecular formula is C15H17N3. The minimum Gasteiger partial charge on any atom is -0.312 e. The van der Waals surface area contributed by atoms with Crippen molar-refractivity contribution in [1.82, 2.24) is 15.1 Å². The first-order valence-corrected chi connectivity index (χ1v) is 6.80. The molecule has 0 amide bonds. The highest BCUT2D eigenvalue weighted by Crippen LogP contribution is 2.42. The monoisotopic (exact) mass is 239 g/mol. The molecular weight excluding hydrogens is 222 g/mol. The fourth-order valence-electron chi connectivity index (χ4n) is 2.84. The van der Waals surface area contributed by atoms with E-state index in [2.05, 4.69) is 40.3 Å². The number of nitrogens with zero attached hydrogens (tertiary/aromatic N) is 2. The second-order valence-corrected chi connectivity index (χ2v) is 5.26. The van der Waals surface area contributed by atoms with Crippen molar-refractivity contribution in [3.63, 3.8) is 0 Å². The summed E-state index contributed by atoms with van der Waals surface area (Å²) in [6.45, 7) is 2.06. The van der Waals surface area contributed by atoms with E-state index in [9.17, 15) is 0 Å². The standard InChI is InChI=1S/C15H17N3/c1-2-4-12(5-3-1)18-14-8-9-16-10-13(14)15(17-18)11-6-7-11/h1-5,11,16H,6-10H2. The first kappa shape index (κ1) is 10.3. The topological polar surface area (TPSA) is 29.9 Å². The maximum Gasteiger partial charge on any atom is 0.0707 e. The largest absolute Gasteiger partial charge is 0.312 e. The second-order valence-electron chi connectivity index (χ2n) is 5.26. The fourth-order valence-corrected chi connectivity index (χ4v) is 2.84. The Hall–Kier alpha value is -1.61. The molecule has 3 heteroatoms. The van der Waals surface area contributed by atoms with Crippen LogP contribution in [0.2, 0.25) is 0 Å². The summed E-state index contributed by atoms with van der Waals surface area (Å²) in [7, 11) is 0. The van der Waals surface area contributed by atoms with Gasteiger partial charge in [-0.2, -0.15) is 5.10 Å². The molecule has 0 bridgehead atoms. The van der Waals surface area contributed by atoms with Crippen LogP contribution < -0.4 is 5.32 Å². The Morgan fingerprint density at radius 1 is 1.17 bits per heavy atom. The Morgan fingerprint density at radius 3 is 2.78 bits per heavy atom. The summed E-state index contributed by atoms with van der Waals surface area (Å²) in [5, 5.41) is 8.38. The van der Waals surface area contributed by atoms with Gasteiger partial charge in [-0.1, -0.05) is 18.2 Å². The summed E-state index contributed by atoms with van der Waals surface area (Å²) >= 11 is 0. The van der Waals surface area contributed by atoms with Crippen LogP contribution in [-0.2, 0) is 13.0 Å². The van der Waals surface area contributed by atoms with Crippen LogP contribution in [0.5, 0.6) is 0 Å². The number of hydrogen-bond donors (Lipinski definition) is 1. The lowest BCUT2D eigenvalue weighted by Crippen LogP contribution is -2.24. The number of benzene rings is 1. The van der Waals surface area contributed by atoms with Gasteiger partial charge in [0, 0.05) is 31.0 Å². The smallest absolute Gasteiger partial charge is 0.0707 e. The van der Waals surface area contributed by atoms with Gasteiger partial charge in [-0.15, -0.1) is 0 Å². The molecule has 3 nitrogen and oxygen atoms in total. The van der Waals surface area contributed by atoms with Crippen molar-refractivity contribution in [2.24, 2.45) is 0 Å². The molecule has 1 aromatic heterocycles. The van der Waals surface area contributed by atoms with Crippen LogP contribution in [0.15, 0.2) is 30.3 Å². The van der Waals surface area contributed by atoms with E-state index in [1.807, 2.05) is 0 Å². The maximum atomic E-state index is 4.90. The number of hydrogen-bond acceptors (Lipinski definition) is 2. The molecule has 18 heavy (non-hydrogen) atoms. The first-order valence-electron chi connectivity index (χ1n) is 6.80. The summed E-state index contributed by atoms with van der Waals surface area (Å²) in [6, 6.07) is 10.5. The van der Waals surface area contributed by atoms with Gasteiger partial charge in [-0.05, 0) is 25.0 Å². The zero-order valence-electron chi connectivity index (χ0n) is 10.4. The van der Waals surface area contributed by atoms with Crippen LogP contribution in [0.3, 0.4) is 0 Å². The summed E-state index contributed by atoms with van der Waals surface area (Å²) in [6.07, 6.45) is 3.72. The molecule has 92 valence electrons. The number of fused-ring (bicyclic) bond motifs is 1. The van der Waals surface area contributed by atoms with E-state index in [1.54, 1.807) is 0 Å². The summed E-state index contributed by atoms with van der Waals surface area (Å²) in [5.41, 5.74) is 5.43. The lowest BCUT2D eigenvalue weighted by Gasteiger charge is -2.15. The molecule has 1 aliphatic carbocycles. The molecule has 2 aromatic rings. The van der Waals surface area contributed by atoms with Crippen molar-refractivity contribution >= 4 is 0 Å². The normalized spacial score (nSPS) is 18.7. The van der Waals surface area contributed by atoms with E-state index >= 15 is 0 Å². The van der Waals surface area contributed by atoms with Crippen molar-refractivity contribution in [2.75, 3.05) is 6.54 Å². The third kappa shape index (κ3) is 1.58. The molecule has 1 aromatic carbocycles. The lowest BCUT2D eigenvalue weighted by molar-refractivity contribution is 0.621. The van der Waals surface area contributed by atoms with Crippen LogP contribution >= 0.6 is 0 Å². The fraction of sp³-hybridized carbons (Fsp3) is 0.400. The zero-order valence-corrected chi connectivity index (χ0v) is 10.4. The van der Waals surface area contributed by atoms with Gasteiger partial charge >= 0.3 is 0 Å². The Morgan fingerprint density at radius 2 is 2.00 bits per heavy atom. The van der Waals surface area contributed by atoms with E-state index in [-0.39, 0.29) is 0 Å². The average molecular weight is 239 g/mol. The van der Waals surface area contributed by atoms with Gasteiger partial charge in [0.05, 0.1) is 17.1 Å². The van der Waals surface area contributed by atoms with Gasteiger partial charge in [-0.3, -0.25) is 0 Å². The van der Waals surface area contributed by atoms with E-state index in [1.165, 1.54) is 35.5 Å². The molecule has 1 N–H and O–H groups in total. The van der Waals surface area contributed by atoms with Crippen molar-refractivity contribution in [3.05, 3.63) is 47.3 Å². The Bertz CT molecular complexity index is 567. The van der Waals surface area contributed by atoms with E-state index < -0.39 is 0 Å². The van der Waals surface area contributed by atoms with E-state index in [0.717, 1.165) is 25.4 Å². The summed E-state index contributed by atoms with van der Waals surface area (Å²) in [4.78, 5) is 0. The third-order valence-corrected chi connectivity index (χ3v) is 3.93. The molecule has 4 rings (SSSR count). The lowest BCUT2D eigenvalue weighted by atomic mass is 10.0. The zero-order chi connectivity index (χ0) is 11.9. The molecule has 1 saturated carbocycles. The average Bonchev–Trinajstić information content (AvgIpc) is 3.21. The Balaban J connectivity index is 1.87. The van der Waals surface area contributed by atoms with Crippen molar-refractivity contribution in [1.29, 1.82) is 0 Å². The molecule has 0 spiro atoms. The van der Waals surface area contributed by atoms with Gasteiger partial charge in [0.25, 0.3) is 0 Å². The summed E-state index contributed by atoms with van der Waals surface area (Å²) in [5.74, 6) is 0.726. The van der Waals surface area contributed by atoms with Gasteiger partial charge < -0.3 is 5.32 Å². The molecule has 0 saturated heterocycles. The van der Waals surface area contributed by atoms with Gasteiger partial charge in [-0.25, -0.2) is 4.68 Å². The van der Waals surface area contributed by atoms with Crippen molar-refractivity contribution in [3.8, 4) is 5.69 Å². The SMILES string of the molecule is c1ccc(-n2nc(C3CC3)c3c2CCNC3)cc1. The van der Waals surface area contributed by atoms with Crippen molar-refractivity contribution in [2.45, 2.75) is 31.7 Å². The molecule has 1 fully saturated rings. The van der Waals surface area contributed by atoms with Crippen LogP contribution in [0.1, 0.15) is 35.7 Å². The number of aromatic nitrogens is 2. The molecule has 1 aliphatic heterocycles. The molecule has 0 radical (unpaired) electrons. The first-order chi connectivity index (χ1) is 8.93. The molecule has 2 heterocycles. The minimum atomic E-state index is 0.726.